The van der Waals surface area contributed by atoms with Crippen molar-refractivity contribution in [2.45, 2.75) is 13.8 Å². The molecule has 0 bridgehead atoms. The second kappa shape index (κ2) is 5.71. The molecule has 0 saturated carbocycles. The number of fused-ring (bicyclic) bond motifs is 4. The van der Waals surface area contributed by atoms with Crippen LogP contribution in [0, 0.1) is 13.8 Å². The Morgan fingerprint density at radius 1 is 0.500 bits per heavy atom. The summed E-state index contributed by atoms with van der Waals surface area (Å²) in [7, 11) is 0. The average molecular weight is 332 g/mol. The lowest BCUT2D eigenvalue weighted by atomic mass is 9.87. The maximum Gasteiger partial charge on any atom is -0.00238 e. The summed E-state index contributed by atoms with van der Waals surface area (Å²) in [6, 6.07) is 31.0. The zero-order valence-corrected chi connectivity index (χ0v) is 15.1. The molecule has 0 aliphatic rings. The second-order valence-corrected chi connectivity index (χ2v) is 7.10. The summed E-state index contributed by atoms with van der Waals surface area (Å²) in [4.78, 5) is 0. The Bertz CT molecular complexity index is 1290. The standard InChI is InChI=1S/C26H20/c1-17-8-7-13-21(18(17)2)26-23-12-6-4-10-20(23)16-25-22-11-5-3-9-19(22)14-15-24(25)26/h3-16H,1-2H3. The Hall–Kier alpha value is -3.12. The Morgan fingerprint density at radius 2 is 1.23 bits per heavy atom. The third-order valence-electron chi connectivity index (χ3n) is 5.64. The molecule has 5 rings (SSSR count). The first-order valence-electron chi connectivity index (χ1n) is 9.14. The van der Waals surface area contributed by atoms with E-state index >= 15 is 0 Å². The van der Waals surface area contributed by atoms with E-state index in [-0.39, 0.29) is 0 Å². The summed E-state index contributed by atoms with van der Waals surface area (Å²) in [5.74, 6) is 0. The van der Waals surface area contributed by atoms with Gasteiger partial charge in [-0.3, -0.25) is 0 Å². The van der Waals surface area contributed by atoms with Crippen molar-refractivity contribution in [1.82, 2.24) is 0 Å². The van der Waals surface area contributed by atoms with Crippen LogP contribution in [0.3, 0.4) is 0 Å². The van der Waals surface area contributed by atoms with E-state index in [9.17, 15) is 0 Å². The first-order valence-corrected chi connectivity index (χ1v) is 9.14. The Morgan fingerprint density at radius 3 is 2.08 bits per heavy atom. The first kappa shape index (κ1) is 15.2. The highest BCUT2D eigenvalue weighted by molar-refractivity contribution is 6.20. The normalized spacial score (nSPS) is 11.5. The Labute approximate surface area is 153 Å². The smallest absolute Gasteiger partial charge is 0.00238 e. The minimum Gasteiger partial charge on any atom is -0.0616 e. The molecule has 0 aliphatic carbocycles. The predicted octanol–water partition coefficient (Wildman–Crippen LogP) is 7.43. The van der Waals surface area contributed by atoms with E-state index in [2.05, 4.69) is 98.8 Å². The zero-order valence-electron chi connectivity index (χ0n) is 15.1. The maximum absolute atomic E-state index is 2.35. The lowest BCUT2D eigenvalue weighted by molar-refractivity contribution is 1.35. The molecule has 0 heteroatoms. The van der Waals surface area contributed by atoms with Gasteiger partial charge in [0, 0.05) is 0 Å². The van der Waals surface area contributed by atoms with Crippen LogP contribution >= 0.6 is 0 Å². The Kier molecular flexibility index (Phi) is 3.33. The van der Waals surface area contributed by atoms with Gasteiger partial charge >= 0.3 is 0 Å². The van der Waals surface area contributed by atoms with Crippen LogP contribution in [-0.2, 0) is 0 Å². The minimum absolute atomic E-state index is 1.29. The van der Waals surface area contributed by atoms with Gasteiger partial charge in [-0.25, -0.2) is 0 Å². The van der Waals surface area contributed by atoms with Crippen molar-refractivity contribution < 1.29 is 0 Å². The molecule has 26 heavy (non-hydrogen) atoms. The Balaban J connectivity index is 2.05. The number of hydrogen-bond acceptors (Lipinski definition) is 0. The third-order valence-corrected chi connectivity index (χ3v) is 5.64. The molecule has 5 aromatic carbocycles. The molecule has 0 atom stereocenters. The summed E-state index contributed by atoms with van der Waals surface area (Å²) in [6.45, 7) is 4.43. The van der Waals surface area contributed by atoms with Crippen molar-refractivity contribution in [3.8, 4) is 11.1 Å². The van der Waals surface area contributed by atoms with Gasteiger partial charge in [0.2, 0.25) is 0 Å². The van der Waals surface area contributed by atoms with Crippen LogP contribution in [0.4, 0.5) is 0 Å². The molecule has 0 aliphatic heterocycles. The lowest BCUT2D eigenvalue weighted by Crippen LogP contribution is -1.91. The van der Waals surface area contributed by atoms with Gasteiger partial charge in [-0.15, -0.1) is 0 Å². The summed E-state index contributed by atoms with van der Waals surface area (Å²) in [6.07, 6.45) is 0. The number of aryl methyl sites for hydroxylation is 1. The second-order valence-electron chi connectivity index (χ2n) is 7.10. The predicted molar refractivity (Wildman–Crippen MR) is 114 cm³/mol. The van der Waals surface area contributed by atoms with Crippen molar-refractivity contribution >= 4 is 32.3 Å². The summed E-state index contributed by atoms with van der Waals surface area (Å²) in [5, 5.41) is 7.90. The summed E-state index contributed by atoms with van der Waals surface area (Å²) < 4.78 is 0. The van der Waals surface area contributed by atoms with Crippen molar-refractivity contribution in [2.24, 2.45) is 0 Å². The maximum atomic E-state index is 2.35. The summed E-state index contributed by atoms with van der Waals surface area (Å²) >= 11 is 0. The fourth-order valence-electron chi connectivity index (χ4n) is 4.13. The van der Waals surface area contributed by atoms with Crippen LogP contribution in [0.15, 0.2) is 84.9 Å². The highest BCUT2D eigenvalue weighted by Gasteiger charge is 2.13. The van der Waals surface area contributed by atoms with E-state index in [4.69, 9.17) is 0 Å². The van der Waals surface area contributed by atoms with Crippen molar-refractivity contribution in [3.63, 3.8) is 0 Å². The first-order chi connectivity index (χ1) is 12.7. The SMILES string of the molecule is Cc1cccc(-c2c3ccccc3cc3c2ccc2ccccc23)c1C. The fourth-order valence-corrected chi connectivity index (χ4v) is 4.13. The molecular formula is C26H20. The van der Waals surface area contributed by atoms with Gasteiger partial charge in [-0.1, -0.05) is 78.9 Å². The van der Waals surface area contributed by atoms with Gasteiger partial charge in [0.1, 0.15) is 0 Å². The van der Waals surface area contributed by atoms with Gasteiger partial charge in [0.25, 0.3) is 0 Å². The topological polar surface area (TPSA) is 0 Å². The lowest BCUT2D eigenvalue weighted by Gasteiger charge is -2.16. The monoisotopic (exact) mass is 332 g/mol. The van der Waals surface area contributed by atoms with Gasteiger partial charge in [0.05, 0.1) is 0 Å². The average Bonchev–Trinajstić information content (AvgIpc) is 2.68. The molecule has 0 heterocycles. The molecule has 0 spiro atoms. The van der Waals surface area contributed by atoms with Crippen LogP contribution in [0.1, 0.15) is 11.1 Å². The number of hydrogen-bond donors (Lipinski definition) is 0. The van der Waals surface area contributed by atoms with Gasteiger partial charge in [-0.05, 0) is 74.5 Å². The van der Waals surface area contributed by atoms with E-state index < -0.39 is 0 Å². The van der Waals surface area contributed by atoms with E-state index in [1.165, 1.54) is 54.6 Å². The van der Waals surface area contributed by atoms with Crippen LogP contribution < -0.4 is 0 Å². The van der Waals surface area contributed by atoms with Crippen LogP contribution in [0.25, 0.3) is 43.4 Å². The molecular weight excluding hydrogens is 312 g/mol. The molecule has 0 unspecified atom stereocenters. The van der Waals surface area contributed by atoms with Crippen molar-refractivity contribution in [2.75, 3.05) is 0 Å². The molecule has 0 amide bonds. The van der Waals surface area contributed by atoms with Gasteiger partial charge < -0.3 is 0 Å². The quantitative estimate of drug-likeness (QED) is 0.221. The molecule has 0 nitrogen and oxygen atoms in total. The van der Waals surface area contributed by atoms with Gasteiger partial charge in [0.15, 0.2) is 0 Å². The minimum atomic E-state index is 1.29. The highest BCUT2D eigenvalue weighted by atomic mass is 14.2. The van der Waals surface area contributed by atoms with Crippen LogP contribution in [0.2, 0.25) is 0 Å². The molecule has 124 valence electrons. The molecule has 0 aromatic heterocycles. The van der Waals surface area contributed by atoms with Crippen molar-refractivity contribution in [1.29, 1.82) is 0 Å². The molecule has 0 fully saturated rings. The van der Waals surface area contributed by atoms with E-state index in [1.54, 1.807) is 0 Å². The van der Waals surface area contributed by atoms with Crippen molar-refractivity contribution in [3.05, 3.63) is 96.1 Å². The molecule has 0 saturated heterocycles. The number of benzene rings is 5. The zero-order chi connectivity index (χ0) is 17.7. The third kappa shape index (κ3) is 2.16. The fraction of sp³-hybridized carbons (Fsp3) is 0.0769. The molecule has 0 radical (unpaired) electrons. The highest BCUT2D eigenvalue weighted by Crippen LogP contribution is 2.40. The molecule has 5 aromatic rings. The number of rotatable bonds is 1. The van der Waals surface area contributed by atoms with E-state index in [0.717, 1.165) is 0 Å². The van der Waals surface area contributed by atoms with E-state index in [0.29, 0.717) is 0 Å². The van der Waals surface area contributed by atoms with Crippen LogP contribution in [0.5, 0.6) is 0 Å². The largest absolute Gasteiger partial charge is 0.0616 e. The van der Waals surface area contributed by atoms with E-state index in [1.807, 2.05) is 0 Å². The summed E-state index contributed by atoms with van der Waals surface area (Å²) in [5.41, 5.74) is 5.38. The van der Waals surface area contributed by atoms with Crippen LogP contribution in [-0.4, -0.2) is 0 Å². The molecule has 0 N–H and O–H groups in total. The van der Waals surface area contributed by atoms with Gasteiger partial charge in [-0.2, -0.15) is 0 Å².